The van der Waals surface area contributed by atoms with Crippen LogP contribution in [-0.4, -0.2) is 48.7 Å². The molecule has 128 valence electrons. The summed E-state index contributed by atoms with van der Waals surface area (Å²) in [4.78, 5) is 31.4. The number of carbonyl (C=O) groups excluding carboxylic acids is 2. The summed E-state index contributed by atoms with van der Waals surface area (Å²) in [5.41, 5.74) is 2.31. The van der Waals surface area contributed by atoms with Crippen LogP contribution >= 0.6 is 0 Å². The van der Waals surface area contributed by atoms with Gasteiger partial charge in [0.05, 0.1) is 11.5 Å². The average molecular weight is 334 g/mol. The summed E-state index contributed by atoms with van der Waals surface area (Å²) in [5.74, 6) is 0.309. The highest BCUT2D eigenvalue weighted by molar-refractivity contribution is 6.12. The summed E-state index contributed by atoms with van der Waals surface area (Å²) < 4.78 is 0. The van der Waals surface area contributed by atoms with Gasteiger partial charge in [-0.05, 0) is 31.4 Å². The van der Waals surface area contributed by atoms with E-state index in [1.165, 1.54) is 11.3 Å². The van der Waals surface area contributed by atoms with E-state index < -0.39 is 10.8 Å². The molecule has 0 radical (unpaired) electrons. The molecule has 7 rings (SSSR count). The fourth-order valence-electron chi connectivity index (χ4n) is 7.38. The zero-order chi connectivity index (χ0) is 17.1. The van der Waals surface area contributed by atoms with Crippen molar-refractivity contribution in [1.29, 1.82) is 0 Å². The van der Waals surface area contributed by atoms with Crippen LogP contribution in [0.1, 0.15) is 25.3 Å². The average Bonchev–Trinajstić information content (AvgIpc) is 3.03. The number of carbonyl (C=O) groups is 2. The minimum atomic E-state index is -0.830. The lowest BCUT2D eigenvalue weighted by atomic mass is 9.59. The van der Waals surface area contributed by atoms with Gasteiger partial charge in [-0.25, -0.2) is 0 Å². The highest BCUT2D eigenvalue weighted by atomic mass is 16.2. The van der Waals surface area contributed by atoms with Gasteiger partial charge in [0, 0.05) is 37.3 Å². The second-order valence-corrected chi connectivity index (χ2v) is 8.54. The van der Waals surface area contributed by atoms with Crippen LogP contribution in [0, 0.1) is 11.3 Å². The van der Waals surface area contributed by atoms with Crippen molar-refractivity contribution < 1.29 is 9.59 Å². The molecule has 5 bridgehead atoms. The summed E-state index contributed by atoms with van der Waals surface area (Å²) in [6.45, 7) is 2.98. The SMILES string of the molecule is C/C=C1/CN2C3CC45C(=O)[C@]3(C=O)[C@H]1C[C@H]2[C@H]4N(C)c1ccccc15. The first-order valence-electron chi connectivity index (χ1n) is 9.35. The first-order chi connectivity index (χ1) is 12.1. The minimum absolute atomic E-state index is 0.0840. The van der Waals surface area contributed by atoms with E-state index in [0.29, 0.717) is 6.04 Å². The van der Waals surface area contributed by atoms with Crippen molar-refractivity contribution in [2.24, 2.45) is 11.3 Å². The maximum atomic E-state index is 14.0. The number of Topliss-reactive ketones (excluding diaryl/α,β-unsaturated/α-hetero) is 1. The number of hydrogen-bond donors (Lipinski definition) is 0. The molecule has 25 heavy (non-hydrogen) atoms. The second kappa shape index (κ2) is 4.07. The molecule has 0 aromatic heterocycles. The zero-order valence-corrected chi connectivity index (χ0v) is 14.6. The molecule has 5 aliphatic heterocycles. The molecule has 1 aromatic rings. The molecule has 0 N–H and O–H groups in total. The standard InChI is InChI=1S/C21H22N2O2/c1-3-12-10-23-16-8-14(12)21(11-24)17(23)9-20(19(21)25)13-6-4-5-7-15(13)22(2)18(16)20/h3-7,11,14,16-18H,8-10H2,1-2H3/b12-3-/t14-,16-,17?,18+,20?,21+/m0/s1. The lowest BCUT2D eigenvalue weighted by molar-refractivity contribution is -0.145. The Hall–Kier alpha value is -1.94. The predicted octanol–water partition coefficient (Wildman–Crippen LogP) is 1.93. The molecule has 4 saturated heterocycles. The van der Waals surface area contributed by atoms with E-state index in [4.69, 9.17) is 0 Å². The molecule has 1 saturated carbocycles. The van der Waals surface area contributed by atoms with E-state index in [1.807, 2.05) is 6.07 Å². The molecule has 4 heteroatoms. The van der Waals surface area contributed by atoms with Crippen LogP contribution in [0.4, 0.5) is 5.69 Å². The molecular formula is C21H22N2O2. The first-order valence-corrected chi connectivity index (χ1v) is 9.35. The number of allylic oxidation sites excluding steroid dienone is 1. The summed E-state index contributed by atoms with van der Waals surface area (Å²) in [6.07, 6.45) is 4.92. The quantitative estimate of drug-likeness (QED) is 0.447. The molecule has 0 amide bonds. The number of hydrogen-bond acceptors (Lipinski definition) is 4. The second-order valence-electron chi connectivity index (χ2n) is 8.54. The van der Waals surface area contributed by atoms with Gasteiger partial charge in [-0.15, -0.1) is 0 Å². The van der Waals surface area contributed by atoms with Crippen molar-refractivity contribution in [2.45, 2.75) is 43.3 Å². The maximum Gasteiger partial charge on any atom is 0.161 e. The Kier molecular flexibility index (Phi) is 2.32. The number of rotatable bonds is 1. The molecule has 5 heterocycles. The van der Waals surface area contributed by atoms with Gasteiger partial charge in [0.25, 0.3) is 0 Å². The molecule has 4 nitrogen and oxygen atoms in total. The van der Waals surface area contributed by atoms with E-state index in [2.05, 4.69) is 48.0 Å². The molecule has 1 aromatic carbocycles. The van der Waals surface area contributed by atoms with Crippen LogP contribution in [0.15, 0.2) is 35.9 Å². The zero-order valence-electron chi connectivity index (χ0n) is 14.6. The number of ketones is 1. The van der Waals surface area contributed by atoms with Crippen molar-refractivity contribution in [3.8, 4) is 0 Å². The number of benzene rings is 1. The Labute approximate surface area is 147 Å². The number of para-hydroxylation sites is 1. The largest absolute Gasteiger partial charge is 0.368 e. The van der Waals surface area contributed by atoms with Crippen molar-refractivity contribution in [3.63, 3.8) is 0 Å². The van der Waals surface area contributed by atoms with Gasteiger partial charge in [0.2, 0.25) is 0 Å². The predicted molar refractivity (Wildman–Crippen MR) is 94.6 cm³/mol. The lowest BCUT2D eigenvalue weighted by Gasteiger charge is -2.60. The summed E-state index contributed by atoms with van der Waals surface area (Å²) >= 11 is 0. The minimum Gasteiger partial charge on any atom is -0.368 e. The van der Waals surface area contributed by atoms with E-state index in [0.717, 1.165) is 31.2 Å². The third-order valence-electron chi connectivity index (χ3n) is 8.18. The number of likely N-dealkylation sites (N-methyl/N-ethyl adjacent to an activating group) is 1. The number of fused-ring (bicyclic) bond motifs is 2. The van der Waals surface area contributed by atoms with E-state index >= 15 is 0 Å². The number of nitrogens with zero attached hydrogens (tertiary/aromatic N) is 2. The normalized spacial score (nSPS) is 49.7. The number of piperidine rings is 4. The van der Waals surface area contributed by atoms with Crippen molar-refractivity contribution in [2.75, 3.05) is 18.5 Å². The van der Waals surface area contributed by atoms with E-state index in [1.54, 1.807) is 0 Å². The molecule has 3 unspecified atom stereocenters. The van der Waals surface area contributed by atoms with Crippen LogP contribution in [0.5, 0.6) is 0 Å². The maximum absolute atomic E-state index is 14.0. The molecule has 5 fully saturated rings. The van der Waals surface area contributed by atoms with Gasteiger partial charge in [-0.2, -0.15) is 0 Å². The number of anilines is 1. The topological polar surface area (TPSA) is 40.6 Å². The fraction of sp³-hybridized carbons (Fsp3) is 0.524. The van der Waals surface area contributed by atoms with Crippen LogP contribution in [-0.2, 0) is 15.0 Å². The van der Waals surface area contributed by atoms with Gasteiger partial charge < -0.3 is 9.69 Å². The van der Waals surface area contributed by atoms with Crippen molar-refractivity contribution in [1.82, 2.24) is 4.90 Å². The molecule has 6 aliphatic rings. The third kappa shape index (κ3) is 1.17. The van der Waals surface area contributed by atoms with Crippen LogP contribution < -0.4 is 4.90 Å². The van der Waals surface area contributed by atoms with Crippen LogP contribution in [0.2, 0.25) is 0 Å². The highest BCUT2D eigenvalue weighted by Gasteiger charge is 2.80. The smallest absolute Gasteiger partial charge is 0.161 e. The lowest BCUT2D eigenvalue weighted by Crippen LogP contribution is -2.70. The van der Waals surface area contributed by atoms with Gasteiger partial charge in [0.15, 0.2) is 5.78 Å². The molecule has 1 aliphatic carbocycles. The van der Waals surface area contributed by atoms with E-state index in [-0.39, 0.29) is 23.8 Å². The van der Waals surface area contributed by atoms with Gasteiger partial charge in [-0.3, -0.25) is 9.69 Å². The molecule has 7 atom stereocenters. The van der Waals surface area contributed by atoms with Crippen LogP contribution in [0.3, 0.4) is 0 Å². The summed E-state index contributed by atoms with van der Waals surface area (Å²) in [6, 6.07) is 8.97. The Morgan fingerprint density at radius 2 is 2.08 bits per heavy atom. The Bertz CT molecular complexity index is 876. The van der Waals surface area contributed by atoms with E-state index in [9.17, 15) is 9.59 Å². The number of aldehydes is 1. The van der Waals surface area contributed by atoms with Gasteiger partial charge >= 0.3 is 0 Å². The molecule has 1 spiro atoms. The van der Waals surface area contributed by atoms with Crippen LogP contribution in [0.25, 0.3) is 0 Å². The molecular weight excluding hydrogens is 312 g/mol. The van der Waals surface area contributed by atoms with Gasteiger partial charge in [-0.1, -0.05) is 29.8 Å². The third-order valence-corrected chi connectivity index (χ3v) is 8.18. The van der Waals surface area contributed by atoms with Crippen molar-refractivity contribution in [3.05, 3.63) is 41.5 Å². The fourth-order valence-corrected chi connectivity index (χ4v) is 7.38. The van der Waals surface area contributed by atoms with Crippen molar-refractivity contribution >= 4 is 17.8 Å². The Balaban J connectivity index is 1.69. The van der Waals surface area contributed by atoms with Gasteiger partial charge in [0.1, 0.15) is 11.7 Å². The Morgan fingerprint density at radius 1 is 1.28 bits per heavy atom. The summed E-state index contributed by atoms with van der Waals surface area (Å²) in [5, 5.41) is 0. The first kappa shape index (κ1) is 14.3. The summed E-state index contributed by atoms with van der Waals surface area (Å²) in [7, 11) is 2.14. The highest BCUT2D eigenvalue weighted by Crippen LogP contribution is 2.70. The monoisotopic (exact) mass is 334 g/mol. The Morgan fingerprint density at radius 3 is 2.84 bits per heavy atom.